The molecule has 0 rings (SSSR count). The molecular formula is C106H232O29. The van der Waals surface area contributed by atoms with Gasteiger partial charge in [0.2, 0.25) is 0 Å². The first-order valence-electron chi connectivity index (χ1n) is 51.8. The van der Waals surface area contributed by atoms with Gasteiger partial charge in [0.05, 0.1) is 150 Å². The van der Waals surface area contributed by atoms with Crippen LogP contribution in [-0.2, 0) is 138 Å². The Balaban J connectivity index is -0.0000000978. The van der Waals surface area contributed by atoms with Gasteiger partial charge in [-0.25, -0.2) is 0 Å². The Morgan fingerprint density at radius 3 is 0.667 bits per heavy atom. The maximum atomic E-state index is 11.2. The van der Waals surface area contributed by atoms with Crippen molar-refractivity contribution in [1.29, 1.82) is 0 Å². The van der Waals surface area contributed by atoms with Crippen LogP contribution in [0.1, 0.15) is 342 Å². The molecule has 0 fully saturated rings. The fourth-order valence-corrected chi connectivity index (χ4v) is 9.38. The first-order chi connectivity index (χ1) is 65.5. The number of ether oxygens (including phenoxy) is 25. The lowest BCUT2D eigenvalue weighted by molar-refractivity contribution is -0.120. The number of ketones is 4. The van der Waals surface area contributed by atoms with Crippen molar-refractivity contribution in [1.82, 2.24) is 0 Å². The van der Waals surface area contributed by atoms with Gasteiger partial charge >= 0.3 is 0 Å². The molecule has 0 aliphatic heterocycles. The van der Waals surface area contributed by atoms with E-state index in [1.807, 2.05) is 27.7 Å². The summed E-state index contributed by atoms with van der Waals surface area (Å²) in [5, 5.41) is 0. The number of hydrogen-bond acceptors (Lipinski definition) is 29. The highest BCUT2D eigenvalue weighted by atomic mass is 16.6. The molecule has 830 valence electrons. The van der Waals surface area contributed by atoms with Crippen LogP contribution in [0.25, 0.3) is 0 Å². The summed E-state index contributed by atoms with van der Waals surface area (Å²) in [6, 6.07) is 0. The maximum absolute atomic E-state index is 11.2. The largest absolute Gasteiger partial charge is 0.385 e. The van der Waals surface area contributed by atoms with Crippen molar-refractivity contribution in [2.45, 2.75) is 366 Å². The third-order valence-electron chi connectivity index (χ3n) is 18.1. The standard InChI is InChI=1S/C11H22O2.C10H20O2.C9H20O3.C9H20O2.C9H18O2.C8H18O3.C8H16O2.C7H16O3.2C7H16O2.C6H14O2.C5H12O2.2C5H12O/c1-3-4-8-11(12)9-6-5-7-10-13-2;1-3-7-10(11)8-5-4-6-9-12-2;1-3-4-5-11-8-9-12-7-6-10-2;1-4-6-9(11-3)7-5-8-10-2;1-3-4-6-9(10)7-5-8-11-2;1-3-4-10-7-8-11-6-5-9-2;1-3-5-8(9)6-4-7-10-2;1-3-9-6-7-10-5-4-8-2;1-4-5-7(9-3)6-8-2;1-3-4-5-9-7-6-8-2;1-3-4-8-6-5-7-2;1-3-7-5-4-6-2;2*1-4-5(2)6-3/h3-10H2,1-2H3;2*3-9H2,1-2H3;9H,4-8H2,1-3H3;2*3-8H2,1-2H3;2*3-7H2,1-2H3;7H,4-6H2,1-3H3;3-7H2,1-2H3;3-6H2,1-2H3;3-5H2,1-2H3;2*5H,4H2,1-3H3. The predicted octanol–water partition coefficient (Wildman–Crippen LogP) is 22.4. The summed E-state index contributed by atoms with van der Waals surface area (Å²) in [6.45, 7) is 55.2. The number of carbonyl (C=O) groups is 4. The second kappa shape index (κ2) is 177. The highest BCUT2D eigenvalue weighted by Crippen LogP contribution is 2.10. The van der Waals surface area contributed by atoms with E-state index in [1.54, 1.807) is 114 Å². The second-order valence-electron chi connectivity index (χ2n) is 30.8. The highest BCUT2D eigenvalue weighted by Gasteiger charge is 2.07. The van der Waals surface area contributed by atoms with E-state index in [2.05, 4.69) is 83.1 Å². The lowest BCUT2D eigenvalue weighted by Gasteiger charge is -2.13. The van der Waals surface area contributed by atoms with Gasteiger partial charge in [0.25, 0.3) is 0 Å². The third-order valence-corrected chi connectivity index (χ3v) is 18.1. The fourth-order valence-electron chi connectivity index (χ4n) is 9.38. The van der Waals surface area contributed by atoms with Crippen molar-refractivity contribution in [2.24, 2.45) is 0 Å². The minimum atomic E-state index is 0.292. The molecular weight excluding hydrogens is 1740 g/mol. The van der Waals surface area contributed by atoms with Gasteiger partial charge in [0.1, 0.15) is 23.1 Å². The Hall–Kier alpha value is -2.32. The van der Waals surface area contributed by atoms with E-state index in [0.29, 0.717) is 186 Å². The van der Waals surface area contributed by atoms with Crippen LogP contribution in [0, 0.1) is 0 Å². The minimum Gasteiger partial charge on any atom is -0.385 e. The topological polar surface area (TPSA) is 299 Å². The number of carbonyl (C=O) groups excluding carboxylic acids is 4. The number of unbranched alkanes of at least 4 members (excludes halogenated alkanes) is 8. The average molecular weight is 1970 g/mol. The van der Waals surface area contributed by atoms with Crippen LogP contribution in [0.4, 0.5) is 0 Å². The van der Waals surface area contributed by atoms with E-state index in [4.69, 9.17) is 118 Å². The second-order valence-corrected chi connectivity index (χ2v) is 30.8. The summed E-state index contributed by atoms with van der Waals surface area (Å²) in [5.74, 6) is 1.58. The summed E-state index contributed by atoms with van der Waals surface area (Å²) in [5.41, 5.74) is 0. The van der Waals surface area contributed by atoms with Crippen molar-refractivity contribution in [3.8, 4) is 0 Å². The SMILES string of the molecule is CCC(C)OC.CCC(C)OC.CCCC(=O)CCCCCOC.CCCC(=O)CCCOC.CCCC(CCCOC)OC.CCCC(COC)OC.CCCCC(=O)CCCCCOC.CCCCC(=O)CCCOC.CCCCOCCOC.CCCCOCCOCCOC.CCCOCCOC.CCCOCCOCCOC.CCOCCOC.CCOCCOCCOC. The predicted molar refractivity (Wildman–Crippen MR) is 560 cm³/mol. The summed E-state index contributed by atoms with van der Waals surface area (Å²) in [6.07, 6.45) is 37.9. The number of rotatable bonds is 85. The molecule has 0 aromatic heterocycles. The molecule has 0 amide bonds. The zero-order valence-corrected chi connectivity index (χ0v) is 94.8. The normalized spacial score (nSPS) is 11.0. The average Bonchev–Trinajstić information content (AvgIpc) is 0.589. The van der Waals surface area contributed by atoms with Gasteiger partial charge in [-0.1, -0.05) is 134 Å². The van der Waals surface area contributed by atoms with Crippen LogP contribution in [0.15, 0.2) is 0 Å². The van der Waals surface area contributed by atoms with E-state index >= 15 is 0 Å². The van der Waals surface area contributed by atoms with Gasteiger partial charge in [0, 0.05) is 238 Å². The monoisotopic (exact) mass is 1970 g/mol. The van der Waals surface area contributed by atoms with Gasteiger partial charge < -0.3 is 118 Å². The zero-order chi connectivity index (χ0) is 105. The number of hydrogen-bond donors (Lipinski definition) is 0. The van der Waals surface area contributed by atoms with Crippen molar-refractivity contribution in [3.63, 3.8) is 0 Å². The first kappa shape index (κ1) is 163. The van der Waals surface area contributed by atoms with Gasteiger partial charge in [-0.15, -0.1) is 0 Å². The molecule has 29 heteroatoms. The first-order valence-corrected chi connectivity index (χ1v) is 51.8. The molecule has 4 unspecified atom stereocenters. The van der Waals surface area contributed by atoms with Crippen LogP contribution >= 0.6 is 0 Å². The van der Waals surface area contributed by atoms with Crippen molar-refractivity contribution in [2.75, 3.05) is 312 Å². The van der Waals surface area contributed by atoms with Crippen LogP contribution in [0.5, 0.6) is 0 Å². The van der Waals surface area contributed by atoms with Crippen LogP contribution in [-0.4, -0.2) is 360 Å². The number of methoxy groups -OCH3 is 16. The van der Waals surface area contributed by atoms with Crippen LogP contribution in [0.2, 0.25) is 0 Å². The Bertz CT molecular complexity index is 1790. The molecule has 0 aromatic rings. The molecule has 0 N–H and O–H groups in total. The molecule has 4 atom stereocenters. The van der Waals surface area contributed by atoms with Crippen LogP contribution in [0.3, 0.4) is 0 Å². The van der Waals surface area contributed by atoms with Crippen molar-refractivity contribution >= 4 is 23.1 Å². The Morgan fingerprint density at radius 2 is 0.422 bits per heavy atom. The Labute approximate surface area is 835 Å². The maximum Gasteiger partial charge on any atom is 0.132 e. The van der Waals surface area contributed by atoms with Crippen molar-refractivity contribution in [3.05, 3.63) is 0 Å². The van der Waals surface area contributed by atoms with E-state index in [-0.39, 0.29) is 0 Å². The van der Waals surface area contributed by atoms with Crippen molar-refractivity contribution < 1.29 is 138 Å². The molecule has 0 heterocycles. The molecule has 135 heavy (non-hydrogen) atoms. The molecule has 0 radical (unpaired) electrons. The molecule has 0 saturated heterocycles. The molecule has 29 nitrogen and oxygen atoms in total. The molecule has 0 aromatic carbocycles. The van der Waals surface area contributed by atoms with Gasteiger partial charge in [0.15, 0.2) is 0 Å². The van der Waals surface area contributed by atoms with E-state index in [0.717, 1.165) is 265 Å². The zero-order valence-electron chi connectivity index (χ0n) is 94.8. The molecule has 0 spiro atoms. The summed E-state index contributed by atoms with van der Waals surface area (Å²) in [4.78, 5) is 44.1. The lowest BCUT2D eigenvalue weighted by atomic mass is 10.1. The summed E-state index contributed by atoms with van der Waals surface area (Å²) < 4.78 is 125. The summed E-state index contributed by atoms with van der Waals surface area (Å²) in [7, 11) is 27.2. The minimum absolute atomic E-state index is 0.292. The van der Waals surface area contributed by atoms with Gasteiger partial charge in [-0.05, 0) is 156 Å². The van der Waals surface area contributed by atoms with Crippen LogP contribution < -0.4 is 0 Å². The quantitative estimate of drug-likeness (QED) is 0.0511. The highest BCUT2D eigenvalue weighted by molar-refractivity contribution is 5.79. The molecule has 0 aliphatic carbocycles. The van der Waals surface area contributed by atoms with Gasteiger partial charge in [-0.3, -0.25) is 19.2 Å². The number of Topliss-reactive ketones (excluding diaryl/α,β-unsaturated/α-hetero) is 4. The van der Waals surface area contributed by atoms with E-state index in [9.17, 15) is 19.2 Å². The lowest BCUT2D eigenvalue weighted by Crippen LogP contribution is -2.16. The molecule has 0 bridgehead atoms. The molecule has 0 saturated carbocycles. The fraction of sp³-hybridized carbons (Fsp3) is 0.962. The smallest absolute Gasteiger partial charge is 0.132 e. The van der Waals surface area contributed by atoms with Gasteiger partial charge in [-0.2, -0.15) is 0 Å². The Morgan fingerprint density at radius 1 is 0.178 bits per heavy atom. The Kier molecular flexibility index (Phi) is 214. The summed E-state index contributed by atoms with van der Waals surface area (Å²) >= 11 is 0. The van der Waals surface area contributed by atoms with E-state index in [1.165, 1.54) is 25.7 Å². The third kappa shape index (κ3) is 218. The van der Waals surface area contributed by atoms with E-state index < -0.39 is 0 Å². The molecule has 0 aliphatic rings.